The highest BCUT2D eigenvalue weighted by Crippen LogP contribution is 2.25. The lowest BCUT2D eigenvalue weighted by molar-refractivity contribution is -0.132. The molecule has 6 nitrogen and oxygen atoms in total. The number of carbonyl (C=O) groups excluding carboxylic acids is 3. The summed E-state index contributed by atoms with van der Waals surface area (Å²) in [5.74, 6) is 0.242. The maximum absolute atomic E-state index is 12.3. The quantitative estimate of drug-likeness (QED) is 0.675. The standard InChI is InChI=1S/C22H31N3O3/c1-16(24-22(28)17-7-2-3-8-17)13-20(26)23-12-6-11-21(27)25-14-18-9-4-5-10-19(18)15-25/h4-5,9-10,16-17H,2-3,6-8,11-15H2,1H3,(H,23,26)(H,24,28). The molecule has 28 heavy (non-hydrogen) atoms. The van der Waals surface area contributed by atoms with Gasteiger partial charge in [0.1, 0.15) is 0 Å². The molecule has 1 unspecified atom stereocenters. The Morgan fingerprint density at radius 2 is 1.75 bits per heavy atom. The third-order valence-electron chi connectivity index (χ3n) is 5.69. The van der Waals surface area contributed by atoms with Crippen LogP contribution in [-0.2, 0) is 27.5 Å². The van der Waals surface area contributed by atoms with Gasteiger partial charge in [0, 0.05) is 44.4 Å². The molecular weight excluding hydrogens is 354 g/mol. The third kappa shape index (κ3) is 5.57. The number of hydrogen-bond donors (Lipinski definition) is 2. The van der Waals surface area contributed by atoms with Crippen LogP contribution in [0.4, 0.5) is 0 Å². The van der Waals surface area contributed by atoms with Crippen LogP contribution < -0.4 is 10.6 Å². The highest BCUT2D eigenvalue weighted by Gasteiger charge is 2.24. The van der Waals surface area contributed by atoms with Gasteiger partial charge in [0.05, 0.1) is 0 Å². The molecule has 0 aromatic heterocycles. The van der Waals surface area contributed by atoms with E-state index in [9.17, 15) is 14.4 Å². The van der Waals surface area contributed by atoms with E-state index in [1.165, 1.54) is 11.1 Å². The molecule has 1 atom stereocenters. The highest BCUT2D eigenvalue weighted by atomic mass is 16.2. The summed E-state index contributed by atoms with van der Waals surface area (Å²) in [6.45, 7) is 3.70. The average molecular weight is 386 g/mol. The van der Waals surface area contributed by atoms with Gasteiger partial charge in [-0.2, -0.15) is 0 Å². The fraction of sp³-hybridized carbons (Fsp3) is 0.591. The molecule has 2 aliphatic rings. The van der Waals surface area contributed by atoms with E-state index < -0.39 is 0 Å². The second kappa shape index (κ2) is 9.71. The van der Waals surface area contributed by atoms with Crippen LogP contribution in [0.15, 0.2) is 24.3 Å². The average Bonchev–Trinajstić information content (AvgIpc) is 3.34. The van der Waals surface area contributed by atoms with Crippen molar-refractivity contribution < 1.29 is 14.4 Å². The van der Waals surface area contributed by atoms with Crippen LogP contribution in [0.5, 0.6) is 0 Å². The Morgan fingerprint density at radius 1 is 1.11 bits per heavy atom. The Hall–Kier alpha value is -2.37. The molecule has 1 fully saturated rings. The largest absolute Gasteiger partial charge is 0.356 e. The minimum absolute atomic E-state index is 0.0787. The Balaban J connectivity index is 1.28. The van der Waals surface area contributed by atoms with Gasteiger partial charge in [-0.15, -0.1) is 0 Å². The Bertz CT molecular complexity index is 688. The molecule has 1 saturated carbocycles. The summed E-state index contributed by atoms with van der Waals surface area (Å²) >= 11 is 0. The molecule has 1 heterocycles. The van der Waals surface area contributed by atoms with E-state index >= 15 is 0 Å². The van der Waals surface area contributed by atoms with Gasteiger partial charge in [0.15, 0.2) is 0 Å². The number of nitrogens with zero attached hydrogens (tertiary/aromatic N) is 1. The monoisotopic (exact) mass is 385 g/mol. The first kappa shape index (κ1) is 20.4. The number of amides is 3. The lowest BCUT2D eigenvalue weighted by atomic mass is 10.1. The number of benzene rings is 1. The van der Waals surface area contributed by atoms with Crippen molar-refractivity contribution in [1.82, 2.24) is 15.5 Å². The van der Waals surface area contributed by atoms with Crippen LogP contribution in [-0.4, -0.2) is 35.2 Å². The molecule has 3 rings (SSSR count). The van der Waals surface area contributed by atoms with Crippen molar-refractivity contribution in [2.24, 2.45) is 5.92 Å². The maximum Gasteiger partial charge on any atom is 0.223 e. The molecule has 1 aromatic rings. The van der Waals surface area contributed by atoms with Crippen LogP contribution in [0.25, 0.3) is 0 Å². The molecule has 1 aromatic carbocycles. The van der Waals surface area contributed by atoms with Crippen LogP contribution in [0.3, 0.4) is 0 Å². The van der Waals surface area contributed by atoms with Gasteiger partial charge in [0.25, 0.3) is 0 Å². The fourth-order valence-electron chi connectivity index (χ4n) is 4.09. The number of fused-ring (bicyclic) bond motifs is 1. The summed E-state index contributed by atoms with van der Waals surface area (Å²) in [5.41, 5.74) is 2.44. The van der Waals surface area contributed by atoms with Gasteiger partial charge < -0.3 is 15.5 Å². The van der Waals surface area contributed by atoms with E-state index in [1.54, 1.807) is 0 Å². The van der Waals surface area contributed by atoms with E-state index in [0.29, 0.717) is 32.5 Å². The molecule has 0 radical (unpaired) electrons. The number of rotatable bonds is 8. The third-order valence-corrected chi connectivity index (χ3v) is 5.69. The molecule has 0 saturated heterocycles. The second-order valence-electron chi connectivity index (χ2n) is 8.07. The van der Waals surface area contributed by atoms with Gasteiger partial charge in [-0.3, -0.25) is 14.4 Å². The summed E-state index contributed by atoms with van der Waals surface area (Å²) in [6.07, 6.45) is 5.49. The zero-order valence-corrected chi connectivity index (χ0v) is 16.7. The van der Waals surface area contributed by atoms with Gasteiger partial charge in [-0.1, -0.05) is 37.1 Å². The Morgan fingerprint density at radius 3 is 2.39 bits per heavy atom. The molecular formula is C22H31N3O3. The minimum atomic E-state index is -0.169. The first-order valence-electron chi connectivity index (χ1n) is 10.4. The molecule has 1 aliphatic heterocycles. The summed E-state index contributed by atoms with van der Waals surface area (Å²) in [6, 6.07) is 7.96. The van der Waals surface area contributed by atoms with Crippen molar-refractivity contribution >= 4 is 17.7 Å². The van der Waals surface area contributed by atoms with E-state index in [-0.39, 0.29) is 36.1 Å². The molecule has 3 amide bonds. The second-order valence-corrected chi connectivity index (χ2v) is 8.07. The Labute approximate surface area is 167 Å². The van der Waals surface area contributed by atoms with E-state index in [1.807, 2.05) is 24.0 Å². The summed E-state index contributed by atoms with van der Waals surface area (Å²) in [5, 5.41) is 5.81. The summed E-state index contributed by atoms with van der Waals surface area (Å²) in [7, 11) is 0. The van der Waals surface area contributed by atoms with Crippen molar-refractivity contribution in [3.63, 3.8) is 0 Å². The SMILES string of the molecule is CC(CC(=O)NCCCC(=O)N1Cc2ccccc2C1)NC(=O)C1CCCC1. The lowest BCUT2D eigenvalue weighted by Crippen LogP contribution is -2.40. The molecule has 2 N–H and O–H groups in total. The number of carbonyl (C=O) groups is 3. The zero-order chi connectivity index (χ0) is 19.9. The molecule has 152 valence electrons. The predicted molar refractivity (Wildman–Crippen MR) is 107 cm³/mol. The van der Waals surface area contributed by atoms with Gasteiger partial charge >= 0.3 is 0 Å². The Kier molecular flexibility index (Phi) is 7.06. The van der Waals surface area contributed by atoms with E-state index in [4.69, 9.17) is 0 Å². The summed E-state index contributed by atoms with van der Waals surface area (Å²) < 4.78 is 0. The van der Waals surface area contributed by atoms with E-state index in [0.717, 1.165) is 25.7 Å². The molecule has 0 spiro atoms. The first-order valence-corrected chi connectivity index (χ1v) is 10.4. The topological polar surface area (TPSA) is 78.5 Å². The number of nitrogens with one attached hydrogen (secondary N) is 2. The predicted octanol–water partition coefficient (Wildman–Crippen LogP) is 2.51. The van der Waals surface area contributed by atoms with Crippen LogP contribution >= 0.6 is 0 Å². The van der Waals surface area contributed by atoms with Crippen LogP contribution in [0, 0.1) is 5.92 Å². The van der Waals surface area contributed by atoms with Gasteiger partial charge in [-0.05, 0) is 37.3 Å². The first-order chi connectivity index (χ1) is 13.5. The smallest absolute Gasteiger partial charge is 0.223 e. The molecule has 0 bridgehead atoms. The van der Waals surface area contributed by atoms with Crippen molar-refractivity contribution in [2.45, 2.75) is 71.0 Å². The van der Waals surface area contributed by atoms with E-state index in [2.05, 4.69) is 22.8 Å². The molecule has 1 aliphatic carbocycles. The van der Waals surface area contributed by atoms with Crippen LogP contribution in [0.2, 0.25) is 0 Å². The van der Waals surface area contributed by atoms with Crippen LogP contribution in [0.1, 0.15) is 63.0 Å². The van der Waals surface area contributed by atoms with Crippen molar-refractivity contribution in [3.8, 4) is 0 Å². The minimum Gasteiger partial charge on any atom is -0.356 e. The normalized spacial score (nSPS) is 17.2. The van der Waals surface area contributed by atoms with Crippen molar-refractivity contribution in [1.29, 1.82) is 0 Å². The maximum atomic E-state index is 12.3. The fourth-order valence-corrected chi connectivity index (χ4v) is 4.09. The number of hydrogen-bond acceptors (Lipinski definition) is 3. The van der Waals surface area contributed by atoms with Crippen molar-refractivity contribution in [3.05, 3.63) is 35.4 Å². The van der Waals surface area contributed by atoms with Gasteiger partial charge in [-0.25, -0.2) is 0 Å². The molecule has 6 heteroatoms. The zero-order valence-electron chi connectivity index (χ0n) is 16.7. The van der Waals surface area contributed by atoms with Gasteiger partial charge in [0.2, 0.25) is 17.7 Å². The highest BCUT2D eigenvalue weighted by molar-refractivity contribution is 5.81. The lowest BCUT2D eigenvalue weighted by Gasteiger charge is -2.17. The van der Waals surface area contributed by atoms with Crippen molar-refractivity contribution in [2.75, 3.05) is 6.54 Å². The summed E-state index contributed by atoms with van der Waals surface area (Å²) in [4.78, 5) is 38.4.